The summed E-state index contributed by atoms with van der Waals surface area (Å²) >= 11 is 0. The van der Waals surface area contributed by atoms with Gasteiger partial charge in [-0.15, -0.1) is 0 Å². The van der Waals surface area contributed by atoms with Crippen LogP contribution in [-0.2, 0) is 40.5 Å². The van der Waals surface area contributed by atoms with Crippen LogP contribution in [0.4, 0.5) is 22.7 Å². The Morgan fingerprint density at radius 3 is 1.12 bits per heavy atom. The molecule has 0 aliphatic heterocycles. The molecule has 2 aliphatic rings. The van der Waals surface area contributed by atoms with Crippen LogP contribution < -0.4 is 22.3 Å². The van der Waals surface area contributed by atoms with E-state index < -0.39 is 105 Å². The fourth-order valence-corrected chi connectivity index (χ4v) is 8.96. The van der Waals surface area contributed by atoms with Gasteiger partial charge in [-0.3, -0.25) is 38.7 Å². The number of ketones is 2. The molecule has 0 spiro atoms. The molecule has 2 aliphatic carbocycles. The lowest BCUT2D eigenvalue weighted by atomic mass is 9.93. The molecule has 0 bridgehead atoms. The lowest BCUT2D eigenvalue weighted by Gasteiger charge is -2.18. The first-order valence-corrected chi connectivity index (χ1v) is 21.7. The number of fused-ring (bicyclic) bond motifs is 2. The molecule has 0 saturated heterocycles. The first kappa shape index (κ1) is 41.5. The van der Waals surface area contributed by atoms with Gasteiger partial charge in [-0.1, -0.05) is 24.3 Å². The van der Waals surface area contributed by atoms with Gasteiger partial charge in [-0.05, 0) is 84.7 Å². The van der Waals surface area contributed by atoms with E-state index in [-0.39, 0.29) is 11.4 Å². The molecule has 0 saturated carbocycles. The van der Waals surface area contributed by atoms with Gasteiger partial charge in [0.2, 0.25) is 11.6 Å². The molecule has 58 heavy (non-hydrogen) atoms. The molecule has 0 fully saturated rings. The Bertz CT molecular complexity index is 2930. The maximum absolute atomic E-state index is 13.4. The molecule has 4 aromatic rings. The summed E-state index contributed by atoms with van der Waals surface area (Å²) in [4.78, 5) is 22.6. The van der Waals surface area contributed by atoms with Gasteiger partial charge in [-0.2, -0.15) is 43.9 Å². The Hall–Kier alpha value is -6.12. The molecule has 10 N–H and O–H groups in total. The number of aryl methyl sites for hydroxylation is 2. The third-order valence-corrected chi connectivity index (χ3v) is 12.5. The van der Waals surface area contributed by atoms with Gasteiger partial charge in [-0.25, -0.2) is 0 Å². The largest absolute Gasteiger partial charge is 0.397 e. The number of nitrogens with two attached hydrogens (primary N) is 2. The number of allylic oxidation sites excluding steroid dienone is 2. The molecule has 6 rings (SSSR count). The molecule has 0 atom stereocenters. The second-order valence-electron chi connectivity index (χ2n) is 12.7. The first-order valence-electron chi connectivity index (χ1n) is 16.0. The van der Waals surface area contributed by atoms with E-state index in [1.807, 2.05) is 0 Å². The number of nitrogen functional groups attached to an aromatic ring is 2. The van der Waals surface area contributed by atoms with E-state index in [4.69, 9.17) is 11.5 Å². The van der Waals surface area contributed by atoms with E-state index >= 15 is 0 Å². The maximum Gasteiger partial charge on any atom is 0.296 e. The van der Waals surface area contributed by atoms with Gasteiger partial charge >= 0.3 is 0 Å². The van der Waals surface area contributed by atoms with Gasteiger partial charge in [0, 0.05) is 11.1 Å². The highest BCUT2D eigenvalue weighted by Crippen LogP contribution is 2.37. The topological polar surface area (TPSA) is 352 Å². The number of hydrogen-bond donors (Lipinski definition) is 8. The van der Waals surface area contributed by atoms with Crippen LogP contribution in [0.1, 0.15) is 43.0 Å². The van der Waals surface area contributed by atoms with E-state index in [9.17, 15) is 61.5 Å². The Balaban J connectivity index is 1.23. The van der Waals surface area contributed by atoms with Gasteiger partial charge in [0.1, 0.15) is 31.0 Å². The average Bonchev–Trinajstić information content (AvgIpc) is 3.09. The number of nitrogens with one attached hydrogen (secondary N) is 2. The van der Waals surface area contributed by atoms with E-state index in [1.165, 1.54) is 0 Å². The molecule has 0 unspecified atom stereocenters. The summed E-state index contributed by atoms with van der Waals surface area (Å²) in [6.07, 6.45) is 4.44. The van der Waals surface area contributed by atoms with Crippen molar-refractivity contribution < 1.29 is 61.5 Å². The molecule has 20 nitrogen and oxygen atoms in total. The second kappa shape index (κ2) is 14.4. The Morgan fingerprint density at radius 1 is 0.500 bits per heavy atom. The van der Waals surface area contributed by atoms with Crippen molar-refractivity contribution in [1.82, 2.24) is 0 Å². The number of nitrogens with zero attached hydrogens (tertiary/aromatic N) is 2. The van der Waals surface area contributed by atoms with E-state index in [1.54, 1.807) is 50.2 Å². The fraction of sp³-hybridized carbons (Fsp3) is 0.0588. The molecule has 24 heteroatoms. The van der Waals surface area contributed by atoms with Crippen LogP contribution >= 0.6 is 0 Å². The minimum atomic E-state index is -5.12. The highest BCUT2D eigenvalue weighted by molar-refractivity contribution is 7.87. The predicted octanol–water partition coefficient (Wildman–Crippen LogP) is 3.48. The SMILES string of the molecule is Cc1cc(-c2ccc(N/N=C3\C=Cc4c(S(=O)(=O)O)cc(S(=O)(=O)O)c(N)c4C3=O)c(C)c2)ccc1N/N=C1/C=Cc2c(S(=O)(=O)O)cc(S(=O)(=O)O)c(N)c2C1=O. The number of carbonyl (C=O) groups excluding carboxylic acids is 2. The van der Waals surface area contributed by atoms with Crippen LogP contribution in [0.5, 0.6) is 0 Å². The Morgan fingerprint density at radius 2 is 0.828 bits per heavy atom. The normalized spacial score (nSPS) is 15.8. The summed E-state index contributed by atoms with van der Waals surface area (Å²) < 4.78 is 134. The Kier molecular flexibility index (Phi) is 10.3. The summed E-state index contributed by atoms with van der Waals surface area (Å²) in [7, 11) is -20.4. The summed E-state index contributed by atoms with van der Waals surface area (Å²) in [5, 5.41) is 8.15. The van der Waals surface area contributed by atoms with Crippen LogP contribution in [0.2, 0.25) is 0 Å². The summed E-state index contributed by atoms with van der Waals surface area (Å²) in [5.74, 6) is -2.01. The summed E-state index contributed by atoms with van der Waals surface area (Å²) in [6, 6.07) is 11.2. The minimum absolute atomic E-state index is 0.317. The number of Topliss-reactive ketones (excluding diaryl/α,β-unsaturated/α-hetero) is 2. The van der Waals surface area contributed by atoms with Crippen molar-refractivity contribution in [3.05, 3.63) is 94.1 Å². The molecule has 0 amide bonds. The molecule has 0 heterocycles. The maximum atomic E-state index is 13.4. The van der Waals surface area contributed by atoms with Crippen molar-refractivity contribution in [3.8, 4) is 11.1 Å². The highest BCUT2D eigenvalue weighted by Gasteiger charge is 2.34. The van der Waals surface area contributed by atoms with Gasteiger partial charge < -0.3 is 11.5 Å². The predicted molar refractivity (Wildman–Crippen MR) is 211 cm³/mol. The molecular weight excluding hydrogens is 845 g/mol. The number of anilines is 4. The second-order valence-corrected chi connectivity index (χ2v) is 18.2. The van der Waals surface area contributed by atoms with Crippen molar-refractivity contribution in [2.45, 2.75) is 33.4 Å². The fourth-order valence-electron chi connectivity index (χ4n) is 6.09. The third-order valence-electron chi connectivity index (χ3n) is 8.89. The van der Waals surface area contributed by atoms with Crippen molar-refractivity contribution >= 4 is 98.4 Å². The third kappa shape index (κ3) is 7.77. The van der Waals surface area contributed by atoms with Crippen LogP contribution in [0.15, 0.2) is 90.5 Å². The lowest BCUT2D eigenvalue weighted by molar-refractivity contribution is 0.105. The van der Waals surface area contributed by atoms with Crippen molar-refractivity contribution in [2.75, 3.05) is 22.3 Å². The monoisotopic (exact) mass is 872 g/mol. The number of benzene rings is 4. The van der Waals surface area contributed by atoms with Gasteiger partial charge in [0.05, 0.1) is 33.9 Å². The zero-order valence-electron chi connectivity index (χ0n) is 29.5. The number of rotatable bonds is 9. The average molecular weight is 873 g/mol. The zero-order valence-corrected chi connectivity index (χ0v) is 32.7. The van der Waals surface area contributed by atoms with Crippen molar-refractivity contribution in [3.63, 3.8) is 0 Å². The van der Waals surface area contributed by atoms with E-state index in [2.05, 4.69) is 21.1 Å². The zero-order chi connectivity index (χ0) is 42.9. The minimum Gasteiger partial charge on any atom is -0.397 e. The summed E-state index contributed by atoms with van der Waals surface area (Å²) in [5.41, 5.74) is 16.6. The first-order chi connectivity index (χ1) is 26.8. The van der Waals surface area contributed by atoms with Crippen LogP contribution in [0.3, 0.4) is 0 Å². The molecular formula is C34H28N6O14S4. The van der Waals surface area contributed by atoms with Crippen LogP contribution in [0, 0.1) is 13.8 Å². The molecule has 0 aromatic heterocycles. The van der Waals surface area contributed by atoms with E-state index in [0.29, 0.717) is 34.6 Å². The van der Waals surface area contributed by atoms with E-state index in [0.717, 1.165) is 35.4 Å². The molecule has 4 aromatic carbocycles. The molecule has 302 valence electrons. The van der Waals surface area contributed by atoms with Crippen molar-refractivity contribution in [2.24, 2.45) is 10.2 Å². The van der Waals surface area contributed by atoms with Gasteiger partial charge in [0.25, 0.3) is 40.5 Å². The lowest BCUT2D eigenvalue weighted by Crippen LogP contribution is -2.23. The highest BCUT2D eigenvalue weighted by atomic mass is 32.2. The number of hydrogen-bond acceptors (Lipinski definition) is 16. The number of carbonyl (C=O) groups is 2. The number of hydrazone groups is 2. The summed E-state index contributed by atoms with van der Waals surface area (Å²) in [6.45, 7) is 3.45. The van der Waals surface area contributed by atoms with Gasteiger partial charge in [0.15, 0.2) is 0 Å². The quantitative estimate of drug-likeness (QED) is 0.0678. The van der Waals surface area contributed by atoms with Crippen LogP contribution in [0.25, 0.3) is 23.3 Å². The standard InChI is InChI=1S/C34H28N6O14S4/c1-15-11-17(3-7-21(15)37-39-23-9-5-19-25(55(43,44)45)13-27(57(49,50)51)31(35)29(19)33(23)41)18-4-8-22(16(2)12-18)38-40-24-10-6-20-26(56(46,47)48)14-28(58(52,53)54)32(36)30(20)34(24)42/h3-14,37-38H,35-36H2,1-2H3,(H,43,44,45)(H,46,47,48)(H,49,50,51)(H,52,53,54)/b39-23-,40-24+. The smallest absolute Gasteiger partial charge is 0.296 e. The molecule has 0 radical (unpaired) electrons. The van der Waals surface area contributed by atoms with Crippen molar-refractivity contribution in [1.29, 1.82) is 0 Å². The Labute approximate surface area is 329 Å². The van der Waals surface area contributed by atoms with Crippen LogP contribution in [-0.4, -0.2) is 74.9 Å².